The van der Waals surface area contributed by atoms with Crippen molar-refractivity contribution in [2.75, 3.05) is 5.32 Å². The van der Waals surface area contributed by atoms with Gasteiger partial charge in [-0.2, -0.15) is 4.68 Å². The highest BCUT2D eigenvalue weighted by Gasteiger charge is 2.08. The second-order valence-corrected chi connectivity index (χ2v) is 4.03. The van der Waals surface area contributed by atoms with E-state index in [4.69, 9.17) is 4.52 Å². The van der Waals surface area contributed by atoms with Crippen molar-refractivity contribution in [3.63, 3.8) is 0 Å². The molecule has 0 saturated heterocycles. The van der Waals surface area contributed by atoms with Crippen LogP contribution in [0.4, 0.5) is 5.95 Å². The van der Waals surface area contributed by atoms with Gasteiger partial charge in [0, 0.05) is 6.07 Å². The Morgan fingerprint density at radius 1 is 1.26 bits per heavy atom. The van der Waals surface area contributed by atoms with Gasteiger partial charge in [0.15, 0.2) is 0 Å². The summed E-state index contributed by atoms with van der Waals surface area (Å²) in [6.45, 7) is 2.36. The zero-order valence-corrected chi connectivity index (χ0v) is 10.3. The number of nitrogens with one attached hydrogen (secondary N) is 1. The number of para-hydroxylation sites is 1. The lowest BCUT2D eigenvalue weighted by molar-refractivity contribution is 0.391. The van der Waals surface area contributed by atoms with E-state index < -0.39 is 0 Å². The summed E-state index contributed by atoms with van der Waals surface area (Å²) in [5.74, 6) is 1.34. The zero-order valence-electron chi connectivity index (χ0n) is 10.3. The van der Waals surface area contributed by atoms with Crippen molar-refractivity contribution in [3.8, 4) is 5.69 Å². The van der Waals surface area contributed by atoms with Crippen molar-refractivity contribution < 1.29 is 4.52 Å². The van der Waals surface area contributed by atoms with Crippen LogP contribution >= 0.6 is 0 Å². The van der Waals surface area contributed by atoms with Gasteiger partial charge in [-0.3, -0.25) is 0 Å². The number of anilines is 1. The summed E-state index contributed by atoms with van der Waals surface area (Å²) in [4.78, 5) is 0. The van der Waals surface area contributed by atoms with Gasteiger partial charge in [-0.05, 0) is 29.5 Å². The van der Waals surface area contributed by atoms with Crippen molar-refractivity contribution >= 4 is 5.95 Å². The van der Waals surface area contributed by atoms with Crippen molar-refractivity contribution in [1.82, 2.24) is 25.4 Å². The van der Waals surface area contributed by atoms with Crippen LogP contribution in [-0.2, 0) is 6.54 Å². The summed E-state index contributed by atoms with van der Waals surface area (Å²) in [5.41, 5.74) is 1.70. The molecule has 2 aromatic heterocycles. The van der Waals surface area contributed by atoms with Crippen molar-refractivity contribution in [3.05, 3.63) is 47.9 Å². The maximum atomic E-state index is 5.00. The fraction of sp³-hybridized carbons (Fsp3) is 0.167. The molecule has 0 bridgehead atoms. The monoisotopic (exact) mass is 256 g/mol. The highest BCUT2D eigenvalue weighted by molar-refractivity contribution is 5.38. The van der Waals surface area contributed by atoms with Gasteiger partial charge in [0.25, 0.3) is 0 Å². The summed E-state index contributed by atoms with van der Waals surface area (Å²) in [7, 11) is 0. The molecule has 7 nitrogen and oxygen atoms in total. The topological polar surface area (TPSA) is 81.7 Å². The Morgan fingerprint density at radius 3 is 2.84 bits per heavy atom. The van der Waals surface area contributed by atoms with Gasteiger partial charge in [-0.15, -0.1) is 0 Å². The molecular weight excluding hydrogens is 244 g/mol. The number of hydrogen-bond donors (Lipinski definition) is 1. The molecule has 0 aliphatic rings. The van der Waals surface area contributed by atoms with E-state index in [1.807, 2.05) is 43.3 Å². The van der Waals surface area contributed by atoms with Gasteiger partial charge >= 0.3 is 0 Å². The maximum absolute atomic E-state index is 5.00. The van der Waals surface area contributed by atoms with Gasteiger partial charge in [-0.25, -0.2) is 0 Å². The predicted molar refractivity (Wildman–Crippen MR) is 67.7 cm³/mol. The van der Waals surface area contributed by atoms with Crippen molar-refractivity contribution in [2.45, 2.75) is 13.5 Å². The summed E-state index contributed by atoms with van der Waals surface area (Å²) < 4.78 is 6.63. The number of benzene rings is 1. The molecule has 19 heavy (non-hydrogen) atoms. The molecule has 1 N–H and O–H groups in total. The molecule has 3 rings (SSSR count). The molecule has 3 aromatic rings. The Hall–Kier alpha value is -2.70. The molecule has 0 amide bonds. The van der Waals surface area contributed by atoms with Crippen LogP contribution in [0.3, 0.4) is 0 Å². The molecule has 0 spiro atoms. The Bertz CT molecular complexity index is 660. The first-order valence-corrected chi connectivity index (χ1v) is 5.83. The quantitative estimate of drug-likeness (QED) is 0.763. The van der Waals surface area contributed by atoms with E-state index in [1.54, 1.807) is 4.68 Å². The van der Waals surface area contributed by atoms with Gasteiger partial charge in [0.1, 0.15) is 11.5 Å². The minimum absolute atomic E-state index is 0.505. The molecule has 0 saturated carbocycles. The number of aromatic nitrogens is 5. The number of rotatable bonds is 4. The van der Waals surface area contributed by atoms with Crippen LogP contribution in [0.1, 0.15) is 11.5 Å². The molecule has 0 aliphatic heterocycles. The van der Waals surface area contributed by atoms with Crippen LogP contribution in [0, 0.1) is 6.92 Å². The lowest BCUT2D eigenvalue weighted by Gasteiger charge is -2.04. The van der Waals surface area contributed by atoms with Gasteiger partial charge < -0.3 is 9.84 Å². The lowest BCUT2D eigenvalue weighted by Crippen LogP contribution is -2.07. The van der Waals surface area contributed by atoms with Gasteiger partial charge in [0.05, 0.1) is 12.2 Å². The van der Waals surface area contributed by atoms with E-state index in [1.165, 1.54) is 0 Å². The van der Waals surface area contributed by atoms with Crippen molar-refractivity contribution in [2.24, 2.45) is 0 Å². The predicted octanol–water partition coefficient (Wildman–Crippen LogP) is 1.57. The second kappa shape index (κ2) is 4.89. The first kappa shape index (κ1) is 11.4. The van der Waals surface area contributed by atoms with Crippen LogP contribution in [0.25, 0.3) is 5.69 Å². The highest BCUT2D eigenvalue weighted by Crippen LogP contribution is 2.11. The first-order valence-electron chi connectivity index (χ1n) is 5.83. The van der Waals surface area contributed by atoms with Crippen LogP contribution in [0.5, 0.6) is 0 Å². The van der Waals surface area contributed by atoms with Crippen LogP contribution in [-0.4, -0.2) is 25.4 Å². The van der Waals surface area contributed by atoms with E-state index in [0.717, 1.165) is 17.1 Å². The second-order valence-electron chi connectivity index (χ2n) is 4.03. The number of hydrogen-bond acceptors (Lipinski definition) is 6. The standard InChI is InChI=1S/C12H12N6O/c1-9-7-10(15-19-9)8-13-12-14-16-17-18(12)11-5-3-2-4-6-11/h2-7H,8H2,1H3,(H,13,14,17). The third-order valence-corrected chi connectivity index (χ3v) is 2.57. The van der Waals surface area contributed by atoms with E-state index in [-0.39, 0.29) is 0 Å². The van der Waals surface area contributed by atoms with E-state index in [0.29, 0.717) is 12.5 Å². The SMILES string of the molecule is Cc1cc(CNc2nnnn2-c2ccccc2)no1. The summed E-state index contributed by atoms with van der Waals surface area (Å²) >= 11 is 0. The molecule has 7 heteroatoms. The van der Waals surface area contributed by atoms with Crippen LogP contribution < -0.4 is 5.32 Å². The Morgan fingerprint density at radius 2 is 2.11 bits per heavy atom. The Labute approximate surface area is 109 Å². The Kier molecular flexibility index (Phi) is 2.93. The first-order chi connectivity index (χ1) is 9.33. The van der Waals surface area contributed by atoms with E-state index in [2.05, 4.69) is 26.0 Å². The van der Waals surface area contributed by atoms with Crippen LogP contribution in [0.15, 0.2) is 40.9 Å². The van der Waals surface area contributed by atoms with Crippen molar-refractivity contribution in [1.29, 1.82) is 0 Å². The van der Waals surface area contributed by atoms with E-state index >= 15 is 0 Å². The minimum Gasteiger partial charge on any atom is -0.361 e. The summed E-state index contributed by atoms with van der Waals surface area (Å²) in [5, 5.41) is 18.6. The fourth-order valence-corrected chi connectivity index (χ4v) is 1.71. The molecule has 0 aliphatic carbocycles. The van der Waals surface area contributed by atoms with Crippen LogP contribution in [0.2, 0.25) is 0 Å². The van der Waals surface area contributed by atoms with Gasteiger partial charge in [0.2, 0.25) is 5.95 Å². The fourth-order valence-electron chi connectivity index (χ4n) is 1.71. The third kappa shape index (κ3) is 2.44. The lowest BCUT2D eigenvalue weighted by atomic mass is 10.3. The average Bonchev–Trinajstić information content (AvgIpc) is 3.06. The molecule has 0 unspecified atom stereocenters. The Balaban J connectivity index is 1.77. The normalized spacial score (nSPS) is 10.6. The smallest absolute Gasteiger partial charge is 0.248 e. The number of tetrazole rings is 1. The maximum Gasteiger partial charge on any atom is 0.248 e. The van der Waals surface area contributed by atoms with E-state index in [9.17, 15) is 0 Å². The molecule has 96 valence electrons. The molecule has 0 fully saturated rings. The summed E-state index contributed by atoms with van der Waals surface area (Å²) in [6.07, 6.45) is 0. The summed E-state index contributed by atoms with van der Waals surface area (Å²) in [6, 6.07) is 11.5. The largest absolute Gasteiger partial charge is 0.361 e. The molecular formula is C12H12N6O. The average molecular weight is 256 g/mol. The third-order valence-electron chi connectivity index (χ3n) is 2.57. The minimum atomic E-state index is 0.505. The highest BCUT2D eigenvalue weighted by atomic mass is 16.5. The number of aryl methyl sites for hydroxylation is 1. The molecule has 2 heterocycles. The van der Waals surface area contributed by atoms with Gasteiger partial charge in [-0.1, -0.05) is 28.5 Å². The molecule has 0 atom stereocenters. The molecule has 1 aromatic carbocycles. The molecule has 0 radical (unpaired) electrons. The zero-order chi connectivity index (χ0) is 13.1. The number of nitrogens with zero attached hydrogens (tertiary/aromatic N) is 5.